The molecule has 1 aromatic heterocycles. The normalized spacial score (nSPS) is 20.5. The molecule has 1 N–H and O–H groups in total. The molecule has 1 atom stereocenters. The number of aryl methyl sites for hydroxylation is 1. The standard InChI is InChI=1S/C10H16N2O2S2/c1-3-16(13,14)12-10-11-8-5-4-7(2)6-9(8)15-10/h7H,3-6H2,1-2H3,(H,11,12). The van der Waals surface area contributed by atoms with Gasteiger partial charge in [0, 0.05) is 4.88 Å². The second-order valence-electron chi connectivity index (χ2n) is 4.24. The number of rotatable bonds is 3. The van der Waals surface area contributed by atoms with Crippen LogP contribution in [0.5, 0.6) is 0 Å². The van der Waals surface area contributed by atoms with E-state index >= 15 is 0 Å². The molecule has 0 spiro atoms. The maximum Gasteiger partial charge on any atom is 0.234 e. The number of hydrogen-bond acceptors (Lipinski definition) is 4. The molecule has 0 fully saturated rings. The molecule has 0 saturated heterocycles. The van der Waals surface area contributed by atoms with Gasteiger partial charge in [0.2, 0.25) is 10.0 Å². The van der Waals surface area contributed by atoms with Crippen LogP contribution in [0.4, 0.5) is 5.13 Å². The number of thiazole rings is 1. The van der Waals surface area contributed by atoms with E-state index in [1.165, 1.54) is 16.2 Å². The van der Waals surface area contributed by atoms with E-state index in [4.69, 9.17) is 0 Å². The third-order valence-corrected chi connectivity index (χ3v) is 5.24. The Labute approximate surface area is 100 Å². The summed E-state index contributed by atoms with van der Waals surface area (Å²) in [6, 6.07) is 0. The van der Waals surface area contributed by atoms with Gasteiger partial charge in [-0.3, -0.25) is 4.72 Å². The number of nitrogens with zero attached hydrogens (tertiary/aromatic N) is 1. The number of sulfonamides is 1. The first-order valence-corrected chi connectivity index (χ1v) is 7.96. The summed E-state index contributed by atoms with van der Waals surface area (Å²) in [5.41, 5.74) is 1.08. The van der Waals surface area contributed by atoms with Crippen LogP contribution in [0, 0.1) is 5.92 Å². The van der Waals surface area contributed by atoms with Crippen LogP contribution < -0.4 is 4.72 Å². The lowest BCUT2D eigenvalue weighted by Gasteiger charge is -2.15. The molecule has 0 saturated carbocycles. The van der Waals surface area contributed by atoms with Crippen LogP contribution in [0.1, 0.15) is 30.8 Å². The topological polar surface area (TPSA) is 59.1 Å². The van der Waals surface area contributed by atoms with Crippen molar-refractivity contribution < 1.29 is 8.42 Å². The maximum atomic E-state index is 11.4. The van der Waals surface area contributed by atoms with E-state index in [2.05, 4.69) is 16.6 Å². The molecule has 1 aromatic rings. The highest BCUT2D eigenvalue weighted by Gasteiger charge is 2.21. The van der Waals surface area contributed by atoms with Crippen molar-refractivity contribution >= 4 is 26.5 Å². The molecule has 0 bridgehead atoms. The fourth-order valence-corrected chi connectivity index (χ4v) is 3.81. The molecule has 6 heteroatoms. The van der Waals surface area contributed by atoms with Gasteiger partial charge in [0.25, 0.3) is 0 Å². The SMILES string of the molecule is CCS(=O)(=O)Nc1nc2c(s1)CC(C)CC2. The lowest BCUT2D eigenvalue weighted by atomic mass is 9.93. The minimum atomic E-state index is -3.19. The molecule has 1 aliphatic carbocycles. The van der Waals surface area contributed by atoms with Crippen LogP contribution in [0.15, 0.2) is 0 Å². The molecule has 1 aliphatic rings. The van der Waals surface area contributed by atoms with Crippen molar-refractivity contribution in [2.24, 2.45) is 5.92 Å². The van der Waals surface area contributed by atoms with Crippen LogP contribution in [0.25, 0.3) is 0 Å². The van der Waals surface area contributed by atoms with E-state index in [-0.39, 0.29) is 5.75 Å². The van der Waals surface area contributed by atoms with Crippen LogP contribution in [0.2, 0.25) is 0 Å². The monoisotopic (exact) mass is 260 g/mol. The second kappa shape index (κ2) is 4.33. The minimum absolute atomic E-state index is 0.0909. The third-order valence-electron chi connectivity index (χ3n) is 2.81. The second-order valence-corrected chi connectivity index (χ2v) is 7.34. The van der Waals surface area contributed by atoms with E-state index in [9.17, 15) is 8.42 Å². The van der Waals surface area contributed by atoms with Gasteiger partial charge in [-0.2, -0.15) is 0 Å². The number of nitrogens with one attached hydrogen (secondary N) is 1. The summed E-state index contributed by atoms with van der Waals surface area (Å²) < 4.78 is 25.3. The van der Waals surface area contributed by atoms with Crippen molar-refractivity contribution in [1.29, 1.82) is 0 Å². The van der Waals surface area contributed by atoms with E-state index in [0.29, 0.717) is 11.0 Å². The van der Waals surface area contributed by atoms with Gasteiger partial charge in [-0.1, -0.05) is 6.92 Å². The largest absolute Gasteiger partial charge is 0.259 e. The zero-order valence-electron chi connectivity index (χ0n) is 9.49. The maximum absolute atomic E-state index is 11.4. The predicted molar refractivity (Wildman–Crippen MR) is 66.4 cm³/mol. The van der Waals surface area contributed by atoms with Crippen molar-refractivity contribution in [1.82, 2.24) is 4.98 Å². The van der Waals surface area contributed by atoms with Gasteiger partial charge in [-0.15, -0.1) is 11.3 Å². The first-order valence-electron chi connectivity index (χ1n) is 5.49. The molecule has 1 heterocycles. The molecule has 0 amide bonds. The lowest BCUT2D eigenvalue weighted by Crippen LogP contribution is -2.14. The van der Waals surface area contributed by atoms with Crippen molar-refractivity contribution in [3.8, 4) is 0 Å². The predicted octanol–water partition coefficient (Wildman–Crippen LogP) is 2.03. The van der Waals surface area contributed by atoms with Gasteiger partial charge in [-0.05, 0) is 32.1 Å². The highest BCUT2D eigenvalue weighted by atomic mass is 32.2. The Hall–Kier alpha value is -0.620. The summed E-state index contributed by atoms with van der Waals surface area (Å²) in [5.74, 6) is 0.775. The number of anilines is 1. The first-order chi connectivity index (χ1) is 7.50. The quantitative estimate of drug-likeness (QED) is 0.904. The summed E-state index contributed by atoms with van der Waals surface area (Å²) in [7, 11) is -3.19. The lowest BCUT2D eigenvalue weighted by molar-refractivity contribution is 0.502. The molecule has 0 radical (unpaired) electrons. The summed E-state index contributed by atoms with van der Waals surface area (Å²) in [6.07, 6.45) is 3.15. The fourth-order valence-electron chi connectivity index (χ4n) is 1.79. The minimum Gasteiger partial charge on any atom is -0.259 e. The zero-order valence-corrected chi connectivity index (χ0v) is 11.1. The van der Waals surface area contributed by atoms with Gasteiger partial charge >= 0.3 is 0 Å². The average molecular weight is 260 g/mol. The Bertz CT molecular complexity index is 479. The van der Waals surface area contributed by atoms with Gasteiger partial charge < -0.3 is 0 Å². The van der Waals surface area contributed by atoms with E-state index in [1.807, 2.05) is 0 Å². The van der Waals surface area contributed by atoms with Crippen molar-refractivity contribution in [3.05, 3.63) is 10.6 Å². The van der Waals surface area contributed by atoms with Gasteiger partial charge in [0.15, 0.2) is 5.13 Å². The van der Waals surface area contributed by atoms with E-state index in [1.54, 1.807) is 6.92 Å². The number of aromatic nitrogens is 1. The Morgan fingerprint density at radius 3 is 3.00 bits per heavy atom. The fraction of sp³-hybridized carbons (Fsp3) is 0.700. The van der Waals surface area contributed by atoms with Crippen molar-refractivity contribution in [2.45, 2.75) is 33.1 Å². The number of hydrogen-bond donors (Lipinski definition) is 1. The van der Waals surface area contributed by atoms with Gasteiger partial charge in [-0.25, -0.2) is 13.4 Å². The molecule has 0 aliphatic heterocycles. The van der Waals surface area contributed by atoms with E-state index < -0.39 is 10.0 Å². The average Bonchev–Trinajstić information content (AvgIpc) is 2.58. The van der Waals surface area contributed by atoms with Crippen LogP contribution in [-0.2, 0) is 22.9 Å². The van der Waals surface area contributed by atoms with Crippen molar-refractivity contribution in [2.75, 3.05) is 10.5 Å². The molecule has 16 heavy (non-hydrogen) atoms. The zero-order chi connectivity index (χ0) is 11.8. The highest BCUT2D eigenvalue weighted by Crippen LogP contribution is 2.32. The Morgan fingerprint density at radius 2 is 2.31 bits per heavy atom. The van der Waals surface area contributed by atoms with Gasteiger partial charge in [0.1, 0.15) is 0 Å². The Morgan fingerprint density at radius 1 is 1.56 bits per heavy atom. The third kappa shape index (κ3) is 2.55. The summed E-state index contributed by atoms with van der Waals surface area (Å²) >= 11 is 1.48. The molecule has 90 valence electrons. The van der Waals surface area contributed by atoms with Crippen molar-refractivity contribution in [3.63, 3.8) is 0 Å². The summed E-state index contributed by atoms with van der Waals surface area (Å²) in [4.78, 5) is 5.59. The summed E-state index contributed by atoms with van der Waals surface area (Å²) in [5, 5.41) is 0.529. The Balaban J connectivity index is 2.20. The molecular formula is C10H16N2O2S2. The number of fused-ring (bicyclic) bond motifs is 1. The van der Waals surface area contributed by atoms with Crippen LogP contribution >= 0.6 is 11.3 Å². The van der Waals surface area contributed by atoms with Gasteiger partial charge in [0.05, 0.1) is 11.4 Å². The van der Waals surface area contributed by atoms with Crippen LogP contribution in [-0.4, -0.2) is 19.2 Å². The highest BCUT2D eigenvalue weighted by molar-refractivity contribution is 7.92. The summed E-state index contributed by atoms with van der Waals surface area (Å²) in [6.45, 7) is 3.84. The first kappa shape index (κ1) is 11.9. The molecule has 1 unspecified atom stereocenters. The van der Waals surface area contributed by atoms with Crippen LogP contribution in [0.3, 0.4) is 0 Å². The van der Waals surface area contributed by atoms with E-state index in [0.717, 1.165) is 25.0 Å². The molecular weight excluding hydrogens is 244 g/mol. The molecule has 2 rings (SSSR count). The smallest absolute Gasteiger partial charge is 0.234 e. The molecule has 4 nitrogen and oxygen atoms in total. The molecule has 0 aromatic carbocycles. The Kier molecular flexibility index (Phi) is 3.21.